The number of nitrogens with two attached hydrogens (primary N) is 1. The first-order valence-electron chi connectivity index (χ1n) is 14.1. The van der Waals surface area contributed by atoms with Crippen molar-refractivity contribution in [3.05, 3.63) is 58.7 Å². The van der Waals surface area contributed by atoms with Crippen LogP contribution in [0.1, 0.15) is 49.7 Å². The van der Waals surface area contributed by atoms with Crippen molar-refractivity contribution in [1.82, 2.24) is 9.97 Å². The average Bonchev–Trinajstić information content (AvgIpc) is 3.09. The molecule has 40 heavy (non-hydrogen) atoms. The molecule has 1 aliphatic carbocycles. The van der Waals surface area contributed by atoms with E-state index in [2.05, 4.69) is 38.8 Å². The Labute approximate surface area is 243 Å². The number of aromatic nitrogens is 2. The monoisotopic (exact) mass is 601 g/mol. The normalized spacial score (nSPS) is 15.8. The maximum Gasteiger partial charge on any atom is 0.229 e. The van der Waals surface area contributed by atoms with Crippen molar-refractivity contribution in [1.29, 1.82) is 0 Å². The maximum atomic E-state index is 13.1. The summed E-state index contributed by atoms with van der Waals surface area (Å²) in [7, 11) is -5.20. The van der Waals surface area contributed by atoms with Gasteiger partial charge in [-0.05, 0) is 113 Å². The lowest BCUT2D eigenvalue weighted by molar-refractivity contribution is 0.411. The third kappa shape index (κ3) is 8.19. The minimum absolute atomic E-state index is 0.346. The molecule has 0 saturated carbocycles. The van der Waals surface area contributed by atoms with Crippen molar-refractivity contribution in [3.63, 3.8) is 0 Å². The van der Waals surface area contributed by atoms with E-state index in [1.54, 1.807) is 51.1 Å². The van der Waals surface area contributed by atoms with Crippen molar-refractivity contribution in [3.8, 4) is 0 Å². The fourth-order valence-corrected chi connectivity index (χ4v) is 7.54. The highest BCUT2D eigenvalue weighted by molar-refractivity contribution is 7.71. The van der Waals surface area contributed by atoms with E-state index in [4.69, 9.17) is 17.3 Å². The molecule has 0 bridgehead atoms. The number of unbranched alkanes of at least 4 members (excludes halogenated alkanes) is 2. The summed E-state index contributed by atoms with van der Waals surface area (Å²) in [6.07, 6.45) is 11.1. The molecule has 0 radical (unpaired) electrons. The van der Waals surface area contributed by atoms with Crippen LogP contribution in [0, 0.1) is 5.92 Å². The fraction of sp³-hybridized carbons (Fsp3) is 0.467. The Morgan fingerprint density at radius 2 is 1.68 bits per heavy atom. The van der Waals surface area contributed by atoms with Crippen LogP contribution < -0.4 is 27.0 Å². The second kappa shape index (κ2) is 13.2. The molecular formula is C30H42ClN5O2P2. The standard InChI is InChI=1S/C30H42ClN5O2P2/c1-39(2,37)25-15-16-27(28(19-25)40(3,4)38)35-29-26(31)20-33-30(36-29)34-24-14-13-22-11-9-21(8-6-5-7-17-32)10-12-23(22)18-24/h13-16,18-21H,5-12,17,32H2,1-4H3,(H2,33,34,35,36)/t21-/m0/s1. The summed E-state index contributed by atoms with van der Waals surface area (Å²) in [5, 5.41) is 8.23. The summed E-state index contributed by atoms with van der Waals surface area (Å²) in [5.74, 6) is 1.60. The Hall–Kier alpha value is -2.17. The zero-order valence-corrected chi connectivity index (χ0v) is 26.6. The lowest BCUT2D eigenvalue weighted by atomic mass is 9.93. The van der Waals surface area contributed by atoms with Gasteiger partial charge in [0, 0.05) is 16.3 Å². The van der Waals surface area contributed by atoms with Crippen LogP contribution in [0.5, 0.6) is 0 Å². The number of hydrogen-bond donors (Lipinski definition) is 3. The lowest BCUT2D eigenvalue weighted by Gasteiger charge is -2.18. The number of fused-ring (bicyclic) bond motifs is 1. The van der Waals surface area contributed by atoms with Crippen LogP contribution in [-0.2, 0) is 22.0 Å². The number of aryl methyl sites for hydroxylation is 2. The van der Waals surface area contributed by atoms with Crippen LogP contribution in [0.25, 0.3) is 0 Å². The number of anilines is 4. The topological polar surface area (TPSA) is 110 Å². The van der Waals surface area contributed by atoms with E-state index in [1.165, 1.54) is 43.2 Å². The van der Waals surface area contributed by atoms with Gasteiger partial charge in [0.15, 0.2) is 5.82 Å². The maximum absolute atomic E-state index is 13.1. The number of nitrogens with one attached hydrogen (secondary N) is 2. The molecule has 216 valence electrons. The summed E-state index contributed by atoms with van der Waals surface area (Å²) < 4.78 is 25.8. The van der Waals surface area contributed by atoms with Gasteiger partial charge in [-0.25, -0.2) is 4.98 Å². The van der Waals surface area contributed by atoms with E-state index in [0.29, 0.717) is 33.1 Å². The predicted molar refractivity (Wildman–Crippen MR) is 172 cm³/mol. The summed E-state index contributed by atoms with van der Waals surface area (Å²) in [4.78, 5) is 9.02. The zero-order chi connectivity index (χ0) is 28.9. The molecule has 2 aromatic carbocycles. The first-order valence-corrected chi connectivity index (χ1v) is 19.7. The highest BCUT2D eigenvalue weighted by Crippen LogP contribution is 2.41. The Balaban J connectivity index is 1.50. The van der Waals surface area contributed by atoms with Crippen LogP contribution in [0.15, 0.2) is 42.6 Å². The number of halogens is 1. The van der Waals surface area contributed by atoms with Crippen molar-refractivity contribution < 1.29 is 9.13 Å². The molecule has 3 aromatic rings. The second-order valence-electron chi connectivity index (χ2n) is 11.6. The van der Waals surface area contributed by atoms with Gasteiger partial charge >= 0.3 is 0 Å². The summed E-state index contributed by atoms with van der Waals surface area (Å²) in [6.45, 7) is 7.60. The van der Waals surface area contributed by atoms with E-state index in [9.17, 15) is 9.13 Å². The number of benzene rings is 2. The highest BCUT2D eigenvalue weighted by atomic mass is 35.5. The molecule has 0 amide bonds. The van der Waals surface area contributed by atoms with Crippen LogP contribution >= 0.6 is 25.9 Å². The van der Waals surface area contributed by atoms with E-state index in [1.807, 2.05) is 0 Å². The van der Waals surface area contributed by atoms with Gasteiger partial charge in [-0.1, -0.05) is 36.9 Å². The molecule has 10 heteroatoms. The van der Waals surface area contributed by atoms with E-state index < -0.39 is 14.3 Å². The van der Waals surface area contributed by atoms with Crippen molar-refractivity contribution in [2.75, 3.05) is 43.8 Å². The van der Waals surface area contributed by atoms with E-state index >= 15 is 0 Å². The first-order chi connectivity index (χ1) is 18.9. The molecule has 7 nitrogen and oxygen atoms in total. The third-order valence-electron chi connectivity index (χ3n) is 7.60. The van der Waals surface area contributed by atoms with Crippen LogP contribution in [0.2, 0.25) is 5.02 Å². The Morgan fingerprint density at radius 3 is 2.38 bits per heavy atom. The first kappa shape index (κ1) is 30.8. The molecule has 1 atom stereocenters. The summed E-state index contributed by atoms with van der Waals surface area (Å²) >= 11 is 6.46. The number of hydrogen-bond acceptors (Lipinski definition) is 7. The van der Waals surface area contributed by atoms with Crippen molar-refractivity contribution in [2.24, 2.45) is 11.7 Å². The number of nitrogens with zero attached hydrogens (tertiary/aromatic N) is 2. The molecule has 1 aromatic heterocycles. The van der Waals surface area contributed by atoms with Crippen molar-refractivity contribution >= 4 is 59.6 Å². The smallest absolute Gasteiger partial charge is 0.229 e. The Morgan fingerprint density at radius 1 is 0.925 bits per heavy atom. The SMILES string of the molecule is CP(C)(=O)c1ccc(Nc2nc(Nc3ccc4c(c3)CC[C@@H](CCCCCN)CC4)ncc2Cl)c(P(C)(C)=O)c1. The van der Waals surface area contributed by atoms with Gasteiger partial charge in [-0.3, -0.25) is 0 Å². The van der Waals surface area contributed by atoms with Gasteiger partial charge in [0.2, 0.25) is 5.95 Å². The fourth-order valence-electron chi connectivity index (χ4n) is 5.26. The number of rotatable bonds is 11. The molecule has 0 saturated heterocycles. The Bertz CT molecular complexity index is 1440. The van der Waals surface area contributed by atoms with Crippen LogP contribution in [0.3, 0.4) is 0 Å². The van der Waals surface area contributed by atoms with Gasteiger partial charge in [-0.15, -0.1) is 0 Å². The van der Waals surface area contributed by atoms with Crippen LogP contribution in [0.4, 0.5) is 23.1 Å². The van der Waals surface area contributed by atoms with E-state index in [-0.39, 0.29) is 0 Å². The predicted octanol–water partition coefficient (Wildman–Crippen LogP) is 7.13. The molecular weight excluding hydrogens is 560 g/mol. The van der Waals surface area contributed by atoms with Gasteiger partial charge < -0.3 is 25.5 Å². The van der Waals surface area contributed by atoms with Crippen LogP contribution in [-0.4, -0.2) is 43.2 Å². The quantitative estimate of drug-likeness (QED) is 0.122. The summed E-state index contributed by atoms with van der Waals surface area (Å²) in [5.41, 5.74) is 10.0. The van der Waals surface area contributed by atoms with Gasteiger partial charge in [0.1, 0.15) is 19.3 Å². The van der Waals surface area contributed by atoms with Gasteiger partial charge in [0.05, 0.1) is 11.9 Å². The second-order valence-corrected chi connectivity index (χ2v) is 18.4. The molecule has 0 spiro atoms. The highest BCUT2D eigenvalue weighted by Gasteiger charge is 2.22. The molecule has 0 aliphatic heterocycles. The molecule has 1 aliphatic rings. The molecule has 0 fully saturated rings. The van der Waals surface area contributed by atoms with Gasteiger partial charge in [-0.2, -0.15) is 4.98 Å². The molecule has 1 heterocycles. The molecule has 0 unspecified atom stereocenters. The van der Waals surface area contributed by atoms with Crippen molar-refractivity contribution in [2.45, 2.75) is 51.4 Å². The minimum Gasteiger partial charge on any atom is -0.338 e. The zero-order valence-electron chi connectivity index (χ0n) is 24.0. The van der Waals surface area contributed by atoms with E-state index in [0.717, 1.165) is 37.4 Å². The summed E-state index contributed by atoms with van der Waals surface area (Å²) in [6, 6.07) is 11.9. The average molecular weight is 602 g/mol. The largest absolute Gasteiger partial charge is 0.338 e. The third-order valence-corrected chi connectivity index (χ3v) is 10.9. The lowest BCUT2D eigenvalue weighted by Crippen LogP contribution is -2.17. The molecule has 4 rings (SSSR count). The molecule has 4 N–H and O–H groups in total. The van der Waals surface area contributed by atoms with Gasteiger partial charge in [0.25, 0.3) is 0 Å². The minimum atomic E-state index is -2.69. The Kier molecular flexibility index (Phi) is 10.2.